The number of benzene rings is 2. The average molecular weight is 346 g/mol. The summed E-state index contributed by atoms with van der Waals surface area (Å²) in [5.74, 6) is -0.135. The van der Waals surface area contributed by atoms with Gasteiger partial charge in [-0.25, -0.2) is 4.79 Å². The topological polar surface area (TPSA) is 70.2 Å². The van der Waals surface area contributed by atoms with Gasteiger partial charge in [-0.3, -0.25) is 4.79 Å². The van der Waals surface area contributed by atoms with Crippen LogP contribution >= 0.6 is 11.6 Å². The summed E-state index contributed by atoms with van der Waals surface area (Å²) in [5, 5.41) is 8.89. The average Bonchev–Trinajstić information content (AvgIpc) is 2.60. The summed E-state index contributed by atoms with van der Waals surface area (Å²) in [7, 11) is 1.59. The normalized spacial score (nSPS) is 11.5. The van der Waals surface area contributed by atoms with Crippen molar-refractivity contribution in [2.24, 2.45) is 0 Å². The van der Waals surface area contributed by atoms with Gasteiger partial charge in [-0.2, -0.15) is 0 Å². The molecule has 0 radical (unpaired) electrons. The minimum Gasteiger partial charge on any atom is -0.355 e. The Labute approximate surface area is 146 Å². The van der Waals surface area contributed by atoms with Gasteiger partial charge in [0.25, 0.3) is 5.91 Å². The lowest BCUT2D eigenvalue weighted by atomic mass is 10.1. The molecule has 0 aliphatic heterocycles. The van der Waals surface area contributed by atoms with Crippen molar-refractivity contribution < 1.29 is 9.59 Å². The third-order valence-corrected chi connectivity index (χ3v) is 3.87. The Morgan fingerprint density at radius 1 is 1.04 bits per heavy atom. The number of rotatable bonds is 5. The molecule has 1 unspecified atom stereocenters. The molecule has 2 rings (SSSR count). The predicted molar refractivity (Wildman–Crippen MR) is 95.1 cm³/mol. The van der Waals surface area contributed by atoms with Crippen molar-refractivity contribution in [1.82, 2.24) is 16.0 Å². The third-order valence-electron chi connectivity index (χ3n) is 3.61. The van der Waals surface area contributed by atoms with Crippen molar-refractivity contribution in [3.63, 3.8) is 0 Å². The van der Waals surface area contributed by atoms with Crippen LogP contribution in [0.3, 0.4) is 0 Å². The number of carbonyl (C=O) groups excluding carboxylic acids is 2. The minimum absolute atomic E-state index is 0.127. The standard InChI is InChI=1S/C18H20ClN3O2/c1-12(14-7-9-16(19)10-8-14)22-18(24)21-11-13-3-5-15(6-4-13)17(23)20-2/h3-10,12H,11H2,1-2H3,(H,20,23)(H2,21,22,24). The second-order valence-electron chi connectivity index (χ2n) is 5.38. The number of amides is 3. The Morgan fingerprint density at radius 3 is 2.25 bits per heavy atom. The molecule has 0 spiro atoms. The van der Waals surface area contributed by atoms with Crippen LogP contribution in [0.25, 0.3) is 0 Å². The summed E-state index contributed by atoms with van der Waals surface area (Å²) in [6.45, 7) is 2.29. The fourth-order valence-electron chi connectivity index (χ4n) is 2.18. The lowest BCUT2D eigenvalue weighted by molar-refractivity contribution is 0.0963. The largest absolute Gasteiger partial charge is 0.355 e. The predicted octanol–water partition coefficient (Wildman–Crippen LogP) is 3.26. The molecule has 0 aliphatic rings. The highest BCUT2D eigenvalue weighted by molar-refractivity contribution is 6.30. The molecule has 0 saturated carbocycles. The zero-order valence-corrected chi connectivity index (χ0v) is 14.4. The van der Waals surface area contributed by atoms with E-state index in [0.717, 1.165) is 11.1 Å². The Bertz CT molecular complexity index is 699. The van der Waals surface area contributed by atoms with E-state index in [0.29, 0.717) is 17.1 Å². The Hall–Kier alpha value is -2.53. The van der Waals surface area contributed by atoms with Gasteiger partial charge in [0.1, 0.15) is 0 Å². The maximum atomic E-state index is 12.0. The van der Waals surface area contributed by atoms with Gasteiger partial charge < -0.3 is 16.0 Å². The van der Waals surface area contributed by atoms with Gasteiger partial charge in [-0.1, -0.05) is 35.9 Å². The van der Waals surface area contributed by atoms with E-state index >= 15 is 0 Å². The molecule has 2 aromatic rings. The quantitative estimate of drug-likeness (QED) is 0.778. The first-order chi connectivity index (χ1) is 11.5. The van der Waals surface area contributed by atoms with Crippen LogP contribution in [0.1, 0.15) is 34.5 Å². The zero-order valence-electron chi connectivity index (χ0n) is 13.6. The first-order valence-corrected chi connectivity index (χ1v) is 7.98. The molecular formula is C18H20ClN3O2. The van der Waals surface area contributed by atoms with E-state index in [-0.39, 0.29) is 18.0 Å². The molecule has 126 valence electrons. The van der Waals surface area contributed by atoms with Crippen LogP contribution in [0.4, 0.5) is 4.79 Å². The number of carbonyl (C=O) groups is 2. The number of halogens is 1. The van der Waals surface area contributed by atoms with Gasteiger partial charge in [-0.15, -0.1) is 0 Å². The van der Waals surface area contributed by atoms with Gasteiger partial charge >= 0.3 is 6.03 Å². The highest BCUT2D eigenvalue weighted by Gasteiger charge is 2.09. The van der Waals surface area contributed by atoms with Gasteiger partial charge in [0, 0.05) is 24.2 Å². The van der Waals surface area contributed by atoms with E-state index in [1.165, 1.54) is 0 Å². The van der Waals surface area contributed by atoms with Crippen molar-refractivity contribution in [2.75, 3.05) is 7.05 Å². The smallest absolute Gasteiger partial charge is 0.315 e. The van der Waals surface area contributed by atoms with E-state index in [2.05, 4.69) is 16.0 Å². The van der Waals surface area contributed by atoms with E-state index in [9.17, 15) is 9.59 Å². The van der Waals surface area contributed by atoms with E-state index in [1.54, 1.807) is 31.3 Å². The fraction of sp³-hybridized carbons (Fsp3) is 0.222. The van der Waals surface area contributed by atoms with Crippen molar-refractivity contribution in [3.8, 4) is 0 Å². The summed E-state index contributed by atoms with van der Waals surface area (Å²) in [6.07, 6.45) is 0. The van der Waals surface area contributed by atoms with Crippen LogP contribution in [0.2, 0.25) is 5.02 Å². The van der Waals surface area contributed by atoms with Crippen molar-refractivity contribution >= 4 is 23.5 Å². The number of nitrogens with one attached hydrogen (secondary N) is 3. The number of urea groups is 1. The van der Waals surface area contributed by atoms with Crippen LogP contribution in [0.5, 0.6) is 0 Å². The SMILES string of the molecule is CNC(=O)c1ccc(CNC(=O)NC(C)c2ccc(Cl)cc2)cc1. The lowest BCUT2D eigenvalue weighted by Gasteiger charge is -2.15. The van der Waals surface area contributed by atoms with Gasteiger partial charge in [0.15, 0.2) is 0 Å². The molecule has 5 nitrogen and oxygen atoms in total. The molecule has 0 bridgehead atoms. The molecule has 0 heterocycles. The molecular weight excluding hydrogens is 326 g/mol. The van der Waals surface area contributed by atoms with Crippen molar-refractivity contribution in [3.05, 3.63) is 70.2 Å². The Balaban J connectivity index is 1.84. The molecule has 0 saturated heterocycles. The van der Waals surface area contributed by atoms with E-state index in [4.69, 9.17) is 11.6 Å². The summed E-state index contributed by atoms with van der Waals surface area (Å²) >= 11 is 5.85. The van der Waals surface area contributed by atoms with Crippen LogP contribution in [0.15, 0.2) is 48.5 Å². The van der Waals surface area contributed by atoms with E-state index < -0.39 is 0 Å². The van der Waals surface area contributed by atoms with Crippen LogP contribution in [-0.4, -0.2) is 19.0 Å². The molecule has 3 N–H and O–H groups in total. The summed E-state index contributed by atoms with van der Waals surface area (Å²) in [5.41, 5.74) is 2.48. The molecule has 2 aromatic carbocycles. The first kappa shape index (κ1) is 17.8. The molecule has 0 fully saturated rings. The second kappa shape index (κ2) is 8.36. The zero-order chi connectivity index (χ0) is 17.5. The minimum atomic E-state index is -0.257. The van der Waals surface area contributed by atoms with Crippen LogP contribution in [-0.2, 0) is 6.54 Å². The van der Waals surface area contributed by atoms with Crippen molar-refractivity contribution in [1.29, 1.82) is 0 Å². The first-order valence-electron chi connectivity index (χ1n) is 7.60. The Kier molecular flexibility index (Phi) is 6.21. The highest BCUT2D eigenvalue weighted by atomic mass is 35.5. The summed E-state index contributed by atoms with van der Waals surface area (Å²) in [6, 6.07) is 14.0. The lowest BCUT2D eigenvalue weighted by Crippen LogP contribution is -2.36. The fourth-order valence-corrected chi connectivity index (χ4v) is 2.31. The summed E-state index contributed by atoms with van der Waals surface area (Å²) < 4.78 is 0. The van der Waals surface area contributed by atoms with Crippen LogP contribution in [0, 0.1) is 0 Å². The molecule has 1 atom stereocenters. The van der Waals surface area contributed by atoms with Gasteiger partial charge in [-0.05, 0) is 42.3 Å². The molecule has 0 aliphatic carbocycles. The second-order valence-corrected chi connectivity index (χ2v) is 5.81. The number of hydrogen-bond acceptors (Lipinski definition) is 2. The van der Waals surface area contributed by atoms with Crippen LogP contribution < -0.4 is 16.0 Å². The molecule has 3 amide bonds. The van der Waals surface area contributed by atoms with E-state index in [1.807, 2.05) is 31.2 Å². The molecule has 6 heteroatoms. The van der Waals surface area contributed by atoms with Crippen molar-refractivity contribution in [2.45, 2.75) is 19.5 Å². The maximum Gasteiger partial charge on any atom is 0.315 e. The molecule has 24 heavy (non-hydrogen) atoms. The Morgan fingerprint density at radius 2 is 1.67 bits per heavy atom. The number of hydrogen-bond donors (Lipinski definition) is 3. The van der Waals surface area contributed by atoms with Gasteiger partial charge in [0.2, 0.25) is 0 Å². The summed E-state index contributed by atoms with van der Waals surface area (Å²) in [4.78, 5) is 23.4. The highest BCUT2D eigenvalue weighted by Crippen LogP contribution is 2.15. The monoisotopic (exact) mass is 345 g/mol. The molecule has 0 aromatic heterocycles. The maximum absolute atomic E-state index is 12.0. The van der Waals surface area contributed by atoms with Gasteiger partial charge in [0.05, 0.1) is 6.04 Å². The third kappa shape index (κ3) is 4.99.